The summed E-state index contributed by atoms with van der Waals surface area (Å²) < 4.78 is 27.0. The number of ether oxygens (including phenoxy) is 1. The van der Waals surface area contributed by atoms with Crippen LogP contribution in [0.2, 0.25) is 0 Å². The van der Waals surface area contributed by atoms with E-state index in [0.29, 0.717) is 6.04 Å². The van der Waals surface area contributed by atoms with Crippen molar-refractivity contribution in [2.75, 3.05) is 20.2 Å². The number of unbranched alkanes of at least 4 members (excludes halogenated alkanes) is 3. The molecule has 5 heteroatoms. The Morgan fingerprint density at radius 1 is 1.11 bits per heavy atom. The molecule has 2 aromatic carbocycles. The molecule has 2 aliphatic rings. The number of methoxy groups -OCH3 is 1. The Morgan fingerprint density at radius 3 is 2.78 bits per heavy atom. The fourth-order valence-corrected chi connectivity index (χ4v) is 6.78. The summed E-state index contributed by atoms with van der Waals surface area (Å²) in [6.45, 7) is 4.49. The first-order valence-electron chi connectivity index (χ1n) is 13.8. The van der Waals surface area contributed by atoms with Crippen LogP contribution in [0.4, 0.5) is 4.39 Å². The van der Waals surface area contributed by atoms with E-state index in [4.69, 9.17) is 9.15 Å². The van der Waals surface area contributed by atoms with E-state index in [1.807, 2.05) is 12.3 Å². The summed E-state index contributed by atoms with van der Waals surface area (Å²) in [5.41, 5.74) is 6.85. The smallest absolute Gasteiger partial charge is 0.165 e. The average molecular weight is 614 g/mol. The Hall–Kier alpha value is -2.12. The molecule has 1 saturated heterocycles. The number of fused-ring (bicyclic) bond motifs is 2. The zero-order valence-electron chi connectivity index (χ0n) is 22.0. The quantitative estimate of drug-likeness (QED) is 0.137. The van der Waals surface area contributed by atoms with Crippen LogP contribution < -0.4 is 4.74 Å². The molecule has 0 amide bonds. The molecular weight excluding hydrogens is 576 g/mol. The highest BCUT2D eigenvalue weighted by molar-refractivity contribution is 14.1. The number of furan rings is 1. The third-order valence-corrected chi connectivity index (χ3v) is 9.27. The monoisotopic (exact) mass is 613 g/mol. The largest absolute Gasteiger partial charge is 0.494 e. The van der Waals surface area contributed by atoms with Crippen LogP contribution in [0.5, 0.6) is 5.75 Å². The maximum absolute atomic E-state index is 14.7. The lowest BCUT2D eigenvalue weighted by Gasteiger charge is -2.38. The summed E-state index contributed by atoms with van der Waals surface area (Å²) in [5, 5.41) is 1.17. The van der Waals surface area contributed by atoms with Crippen LogP contribution in [0.1, 0.15) is 81.4 Å². The summed E-state index contributed by atoms with van der Waals surface area (Å²) >= 11 is 2.46. The number of benzene rings is 2. The third-order valence-electron chi connectivity index (χ3n) is 8.00. The van der Waals surface area contributed by atoms with Gasteiger partial charge in [-0.05, 0) is 108 Å². The molecule has 196 valence electrons. The van der Waals surface area contributed by atoms with Gasteiger partial charge >= 0.3 is 0 Å². The second-order valence-corrected chi connectivity index (χ2v) is 11.5. The van der Waals surface area contributed by atoms with Crippen LogP contribution in [-0.2, 0) is 0 Å². The van der Waals surface area contributed by atoms with Crippen molar-refractivity contribution in [2.24, 2.45) is 0 Å². The van der Waals surface area contributed by atoms with Gasteiger partial charge in [0.2, 0.25) is 0 Å². The van der Waals surface area contributed by atoms with E-state index >= 15 is 0 Å². The maximum atomic E-state index is 14.7. The number of piperidine rings is 1. The number of hydrogen-bond donors (Lipinski definition) is 0. The minimum atomic E-state index is -0.316. The Labute approximate surface area is 233 Å². The summed E-state index contributed by atoms with van der Waals surface area (Å²) in [6.07, 6.45) is 15.0. The molecule has 1 fully saturated rings. The Bertz CT molecular complexity index is 1310. The van der Waals surface area contributed by atoms with Crippen LogP contribution >= 0.6 is 22.6 Å². The molecule has 1 atom stereocenters. The lowest BCUT2D eigenvalue weighted by Crippen LogP contribution is -2.41. The lowest BCUT2D eigenvalue weighted by atomic mass is 9.88. The van der Waals surface area contributed by atoms with Crippen LogP contribution in [0.15, 0.2) is 53.2 Å². The van der Waals surface area contributed by atoms with E-state index in [0.717, 1.165) is 42.5 Å². The summed E-state index contributed by atoms with van der Waals surface area (Å²) in [7, 11) is 1.51. The van der Waals surface area contributed by atoms with Crippen LogP contribution in [0.3, 0.4) is 0 Å². The fraction of sp³-hybridized carbons (Fsp3) is 0.438. The molecule has 0 aliphatic carbocycles. The predicted molar refractivity (Wildman–Crippen MR) is 161 cm³/mol. The number of allylic oxidation sites excluding steroid dienone is 1. The number of hydrogen-bond acceptors (Lipinski definition) is 3. The van der Waals surface area contributed by atoms with E-state index in [9.17, 15) is 4.39 Å². The van der Waals surface area contributed by atoms with Crippen LogP contribution in [0, 0.1) is 5.82 Å². The van der Waals surface area contributed by atoms with Gasteiger partial charge in [-0.1, -0.05) is 50.8 Å². The normalized spacial score (nSPS) is 18.9. The SMILES string of the molecule is CCCCCC/C(=C(\I)c1ccc2occ(C3=CCN4CCCCC4C3)c2c1)c1ccc(OC)c(F)c1. The van der Waals surface area contributed by atoms with Gasteiger partial charge in [-0.15, -0.1) is 0 Å². The van der Waals surface area contributed by atoms with Gasteiger partial charge in [0, 0.05) is 27.1 Å². The first-order valence-corrected chi connectivity index (χ1v) is 14.8. The van der Waals surface area contributed by atoms with Gasteiger partial charge in [0.1, 0.15) is 5.58 Å². The van der Waals surface area contributed by atoms with Gasteiger partial charge < -0.3 is 9.15 Å². The maximum Gasteiger partial charge on any atom is 0.165 e. The van der Waals surface area contributed by atoms with Crippen molar-refractivity contribution in [3.63, 3.8) is 0 Å². The van der Waals surface area contributed by atoms with Crippen molar-refractivity contribution < 1.29 is 13.5 Å². The van der Waals surface area contributed by atoms with Crippen molar-refractivity contribution in [2.45, 2.75) is 70.8 Å². The van der Waals surface area contributed by atoms with E-state index < -0.39 is 0 Å². The van der Waals surface area contributed by atoms with Gasteiger partial charge in [-0.2, -0.15) is 0 Å². The summed E-state index contributed by atoms with van der Waals surface area (Å²) in [4.78, 5) is 2.63. The summed E-state index contributed by atoms with van der Waals surface area (Å²) in [5.74, 6) is -0.0327. The van der Waals surface area contributed by atoms with Crippen LogP contribution in [-0.4, -0.2) is 31.1 Å². The highest BCUT2D eigenvalue weighted by Crippen LogP contribution is 2.40. The Balaban J connectivity index is 1.51. The molecule has 1 aromatic heterocycles. The third kappa shape index (κ3) is 5.83. The molecule has 3 nitrogen and oxygen atoms in total. The fourth-order valence-electron chi connectivity index (χ4n) is 5.87. The van der Waals surface area contributed by atoms with E-state index in [-0.39, 0.29) is 11.6 Å². The molecule has 3 aromatic rings. The highest BCUT2D eigenvalue weighted by Gasteiger charge is 2.27. The molecule has 0 saturated carbocycles. The second kappa shape index (κ2) is 12.2. The molecule has 0 bridgehead atoms. The Kier molecular flexibility index (Phi) is 8.71. The van der Waals surface area contributed by atoms with Gasteiger partial charge in [0.15, 0.2) is 11.6 Å². The van der Waals surface area contributed by atoms with Crippen molar-refractivity contribution in [1.29, 1.82) is 0 Å². The summed E-state index contributed by atoms with van der Waals surface area (Å²) in [6, 6.07) is 12.5. The first-order chi connectivity index (χ1) is 18.1. The van der Waals surface area contributed by atoms with Crippen molar-refractivity contribution in [3.8, 4) is 5.75 Å². The van der Waals surface area contributed by atoms with Gasteiger partial charge in [-0.3, -0.25) is 4.90 Å². The van der Waals surface area contributed by atoms with Gasteiger partial charge in [-0.25, -0.2) is 4.39 Å². The minimum absolute atomic E-state index is 0.283. The molecule has 0 N–H and O–H groups in total. The number of halogens is 2. The minimum Gasteiger partial charge on any atom is -0.494 e. The molecule has 3 heterocycles. The van der Waals surface area contributed by atoms with Crippen molar-refractivity contribution in [3.05, 3.63) is 71.2 Å². The number of nitrogens with zero attached hydrogens (tertiary/aromatic N) is 1. The molecule has 5 rings (SSSR count). The van der Waals surface area contributed by atoms with E-state index in [1.165, 1.54) is 77.9 Å². The average Bonchev–Trinajstić information content (AvgIpc) is 3.36. The highest BCUT2D eigenvalue weighted by atomic mass is 127. The molecule has 2 aliphatic heterocycles. The van der Waals surface area contributed by atoms with Gasteiger partial charge in [0.25, 0.3) is 0 Å². The Morgan fingerprint density at radius 2 is 1.97 bits per heavy atom. The molecular formula is C32H37FINO2. The zero-order valence-corrected chi connectivity index (χ0v) is 24.2. The van der Waals surface area contributed by atoms with Crippen molar-refractivity contribution in [1.82, 2.24) is 4.90 Å². The molecule has 37 heavy (non-hydrogen) atoms. The lowest BCUT2D eigenvalue weighted by molar-refractivity contribution is 0.161. The van der Waals surface area contributed by atoms with Crippen molar-refractivity contribution >= 4 is 48.3 Å². The molecule has 0 radical (unpaired) electrons. The predicted octanol–water partition coefficient (Wildman–Crippen LogP) is 9.50. The first kappa shape index (κ1) is 26.5. The van der Waals surface area contributed by atoms with Crippen LogP contribution in [0.25, 0.3) is 25.7 Å². The number of rotatable bonds is 9. The standard InChI is InChI=1S/C32H37FINO2/c1-3-4-5-6-10-26(22-11-14-31(36-2)29(33)20-22)32(34)24-12-13-30-27(19-24)28(21-37-30)23-15-17-35-16-8-7-9-25(35)18-23/h11-15,19-21,25H,3-10,16-18H2,1-2H3/b32-26+. The zero-order chi connectivity index (χ0) is 25.8. The molecule has 1 unspecified atom stereocenters. The topological polar surface area (TPSA) is 25.6 Å². The molecule has 0 spiro atoms. The second-order valence-electron chi connectivity index (χ2n) is 10.4. The van der Waals surface area contributed by atoms with Gasteiger partial charge in [0.05, 0.1) is 13.4 Å². The van der Waals surface area contributed by atoms with E-state index in [1.54, 1.807) is 12.1 Å². The van der Waals surface area contributed by atoms with E-state index in [2.05, 4.69) is 58.7 Å².